The fraction of sp³-hybridized carbons (Fsp3) is 0.211. The lowest BCUT2D eigenvalue weighted by Gasteiger charge is -2.17. The molecule has 6 heteroatoms. The first kappa shape index (κ1) is 16.7. The predicted octanol–water partition coefficient (Wildman–Crippen LogP) is 3.17. The van der Waals surface area contributed by atoms with E-state index in [4.69, 9.17) is 9.47 Å². The van der Waals surface area contributed by atoms with E-state index in [1.807, 2.05) is 24.3 Å². The third-order valence-electron chi connectivity index (χ3n) is 4.01. The fourth-order valence-corrected chi connectivity index (χ4v) is 2.89. The smallest absolute Gasteiger partial charge is 0.317 e. The van der Waals surface area contributed by atoms with Crippen molar-refractivity contribution in [2.75, 3.05) is 14.2 Å². The second-order valence-corrected chi connectivity index (χ2v) is 5.56. The quantitative estimate of drug-likeness (QED) is 0.769. The molecule has 0 radical (unpaired) electrons. The second kappa shape index (κ2) is 6.76. The maximum Gasteiger partial charge on any atom is 0.317 e. The molecule has 6 nitrogen and oxygen atoms in total. The van der Waals surface area contributed by atoms with Gasteiger partial charge >= 0.3 is 5.97 Å². The van der Waals surface area contributed by atoms with Crippen molar-refractivity contribution < 1.29 is 19.4 Å². The summed E-state index contributed by atoms with van der Waals surface area (Å²) in [6.07, 6.45) is 0. The first-order valence-corrected chi connectivity index (χ1v) is 7.73. The Morgan fingerprint density at radius 3 is 2.44 bits per heavy atom. The number of ether oxygens (including phenoxy) is 2. The van der Waals surface area contributed by atoms with Gasteiger partial charge in [0.25, 0.3) is 0 Å². The molecule has 128 valence electrons. The van der Waals surface area contributed by atoms with Crippen molar-refractivity contribution in [1.82, 2.24) is 9.97 Å². The van der Waals surface area contributed by atoms with Crippen molar-refractivity contribution in [1.29, 1.82) is 0 Å². The number of hydrogen-bond acceptors (Lipinski definition) is 5. The Bertz CT molecular complexity index is 940. The molecular formula is C19H18N2O4. The number of rotatable bonds is 5. The number of carbonyl (C=O) groups is 1. The Balaban J connectivity index is 2.23. The molecule has 1 N–H and O–H groups in total. The Kier molecular flexibility index (Phi) is 4.52. The Hall–Kier alpha value is -3.15. The van der Waals surface area contributed by atoms with Crippen LogP contribution >= 0.6 is 0 Å². The van der Waals surface area contributed by atoms with Crippen molar-refractivity contribution in [2.24, 2.45) is 0 Å². The summed E-state index contributed by atoms with van der Waals surface area (Å²) >= 11 is 0. The van der Waals surface area contributed by atoms with Crippen LogP contribution in [-0.4, -0.2) is 35.3 Å². The van der Waals surface area contributed by atoms with E-state index >= 15 is 0 Å². The van der Waals surface area contributed by atoms with Gasteiger partial charge in [0.15, 0.2) is 11.5 Å². The van der Waals surface area contributed by atoms with Crippen molar-refractivity contribution >= 4 is 16.9 Å². The van der Waals surface area contributed by atoms with Crippen molar-refractivity contribution in [3.05, 3.63) is 59.5 Å². The maximum absolute atomic E-state index is 12.1. The molecule has 3 aromatic rings. The number of benzene rings is 2. The average molecular weight is 338 g/mol. The molecule has 0 aliphatic carbocycles. The lowest BCUT2D eigenvalue weighted by atomic mass is 9.92. The molecule has 0 saturated carbocycles. The molecule has 0 aliphatic heterocycles. The molecule has 25 heavy (non-hydrogen) atoms. The third-order valence-corrected chi connectivity index (χ3v) is 4.01. The van der Waals surface area contributed by atoms with E-state index in [1.165, 1.54) is 14.2 Å². The Labute approximate surface area is 145 Å². The lowest BCUT2D eigenvalue weighted by Crippen LogP contribution is -2.16. The monoisotopic (exact) mass is 338 g/mol. The number of carboxylic acid groups (broad SMARTS) is 1. The molecule has 0 fully saturated rings. The van der Waals surface area contributed by atoms with E-state index in [2.05, 4.69) is 9.97 Å². The first-order valence-electron chi connectivity index (χ1n) is 7.73. The van der Waals surface area contributed by atoms with Gasteiger partial charge in [-0.25, -0.2) is 9.97 Å². The van der Waals surface area contributed by atoms with Crippen LogP contribution in [0.3, 0.4) is 0 Å². The Morgan fingerprint density at radius 1 is 1.04 bits per heavy atom. The number of methoxy groups -OCH3 is 2. The topological polar surface area (TPSA) is 81.5 Å². The molecule has 0 amide bonds. The van der Waals surface area contributed by atoms with Crippen molar-refractivity contribution in [3.8, 4) is 11.5 Å². The highest BCUT2D eigenvalue weighted by atomic mass is 16.5. The Morgan fingerprint density at radius 2 is 1.76 bits per heavy atom. The van der Waals surface area contributed by atoms with Crippen LogP contribution in [0, 0.1) is 6.92 Å². The van der Waals surface area contributed by atoms with Crippen LogP contribution in [-0.2, 0) is 4.79 Å². The number of fused-ring (bicyclic) bond motifs is 1. The normalized spacial score (nSPS) is 12.0. The first-order chi connectivity index (χ1) is 12.0. The molecule has 0 aliphatic rings. The minimum Gasteiger partial charge on any atom is -0.493 e. The van der Waals surface area contributed by atoms with Gasteiger partial charge in [0, 0.05) is 5.39 Å². The van der Waals surface area contributed by atoms with Gasteiger partial charge in [-0.05, 0) is 30.7 Å². The van der Waals surface area contributed by atoms with E-state index in [9.17, 15) is 9.90 Å². The van der Waals surface area contributed by atoms with Gasteiger partial charge in [-0.3, -0.25) is 4.79 Å². The standard InChI is InChI=1S/C19H18N2O4/c1-11-20-14-7-5-4-6-13(14)18(21-11)17(19(22)23)12-8-9-15(24-2)16(10-12)25-3/h4-10,17H,1-3H3,(H,22,23). The largest absolute Gasteiger partial charge is 0.493 e. The van der Waals surface area contributed by atoms with Crippen LogP contribution < -0.4 is 9.47 Å². The predicted molar refractivity (Wildman–Crippen MR) is 93.3 cm³/mol. The molecule has 0 saturated heterocycles. The van der Waals surface area contributed by atoms with Crippen LogP contribution in [0.4, 0.5) is 0 Å². The summed E-state index contributed by atoms with van der Waals surface area (Å²) in [5.41, 5.74) is 1.74. The summed E-state index contributed by atoms with van der Waals surface area (Å²) in [6, 6.07) is 12.5. The van der Waals surface area contributed by atoms with Crippen LogP contribution in [0.25, 0.3) is 10.9 Å². The van der Waals surface area contributed by atoms with Gasteiger partial charge in [-0.1, -0.05) is 24.3 Å². The van der Waals surface area contributed by atoms with E-state index in [0.29, 0.717) is 28.6 Å². The number of aliphatic carboxylic acids is 1. The number of aromatic nitrogens is 2. The molecule has 1 heterocycles. The molecule has 3 rings (SSSR count). The van der Waals surface area contributed by atoms with Crippen LogP contribution in [0.15, 0.2) is 42.5 Å². The number of nitrogens with zero attached hydrogens (tertiary/aromatic N) is 2. The second-order valence-electron chi connectivity index (χ2n) is 5.56. The molecule has 1 unspecified atom stereocenters. The lowest BCUT2D eigenvalue weighted by molar-refractivity contribution is -0.137. The van der Waals surface area contributed by atoms with Gasteiger partial charge in [-0.2, -0.15) is 0 Å². The maximum atomic E-state index is 12.1. The summed E-state index contributed by atoms with van der Waals surface area (Å²) in [7, 11) is 3.05. The van der Waals surface area contributed by atoms with Gasteiger partial charge in [-0.15, -0.1) is 0 Å². The molecule has 0 bridgehead atoms. The van der Waals surface area contributed by atoms with Gasteiger partial charge in [0.05, 0.1) is 25.4 Å². The summed E-state index contributed by atoms with van der Waals surface area (Å²) in [5.74, 6) is -0.386. The minimum absolute atomic E-state index is 0.461. The number of hydrogen-bond donors (Lipinski definition) is 1. The zero-order chi connectivity index (χ0) is 18.0. The van der Waals surface area contributed by atoms with Gasteiger partial charge in [0.1, 0.15) is 11.7 Å². The summed E-state index contributed by atoms with van der Waals surface area (Å²) < 4.78 is 10.5. The number of carboxylic acids is 1. The van der Waals surface area contributed by atoms with E-state index in [-0.39, 0.29) is 0 Å². The highest BCUT2D eigenvalue weighted by molar-refractivity contribution is 5.89. The van der Waals surface area contributed by atoms with Gasteiger partial charge in [0.2, 0.25) is 0 Å². The van der Waals surface area contributed by atoms with Crippen LogP contribution in [0.5, 0.6) is 11.5 Å². The van der Waals surface area contributed by atoms with Crippen LogP contribution in [0.2, 0.25) is 0 Å². The average Bonchev–Trinajstić information content (AvgIpc) is 2.61. The molecule has 0 spiro atoms. The molecule has 1 aromatic heterocycles. The molecule has 1 atom stereocenters. The molecular weight excluding hydrogens is 320 g/mol. The van der Waals surface area contributed by atoms with E-state index in [0.717, 1.165) is 10.9 Å². The highest BCUT2D eigenvalue weighted by Gasteiger charge is 2.27. The zero-order valence-electron chi connectivity index (χ0n) is 14.2. The summed E-state index contributed by atoms with van der Waals surface area (Å²) in [6.45, 7) is 1.75. The summed E-state index contributed by atoms with van der Waals surface area (Å²) in [5, 5.41) is 10.6. The molecule has 2 aromatic carbocycles. The minimum atomic E-state index is -0.990. The van der Waals surface area contributed by atoms with E-state index < -0.39 is 11.9 Å². The number of para-hydroxylation sites is 1. The highest BCUT2D eigenvalue weighted by Crippen LogP contribution is 2.35. The van der Waals surface area contributed by atoms with Crippen molar-refractivity contribution in [2.45, 2.75) is 12.8 Å². The van der Waals surface area contributed by atoms with E-state index in [1.54, 1.807) is 25.1 Å². The van der Waals surface area contributed by atoms with Gasteiger partial charge < -0.3 is 14.6 Å². The summed E-state index contributed by atoms with van der Waals surface area (Å²) in [4.78, 5) is 20.9. The third kappa shape index (κ3) is 3.10. The zero-order valence-corrected chi connectivity index (χ0v) is 14.2. The van der Waals surface area contributed by atoms with Crippen LogP contribution in [0.1, 0.15) is 23.0 Å². The number of aryl methyl sites for hydroxylation is 1. The van der Waals surface area contributed by atoms with Crippen molar-refractivity contribution in [3.63, 3.8) is 0 Å². The fourth-order valence-electron chi connectivity index (χ4n) is 2.89. The SMILES string of the molecule is COc1ccc(C(C(=O)O)c2nc(C)nc3ccccc23)cc1OC.